The summed E-state index contributed by atoms with van der Waals surface area (Å²) >= 11 is 0. The SMILES string of the molecule is CCN1CC[C@H]([C@@](C#N)(CC)c2ccccc2)C1. The Labute approximate surface area is 110 Å². The van der Waals surface area contributed by atoms with Crippen LogP contribution in [0.15, 0.2) is 30.3 Å². The Bertz CT molecular complexity index is 420. The first-order valence-corrected chi connectivity index (χ1v) is 6.96. The molecule has 18 heavy (non-hydrogen) atoms. The van der Waals surface area contributed by atoms with Crippen molar-refractivity contribution in [3.63, 3.8) is 0 Å². The molecule has 2 heteroatoms. The van der Waals surface area contributed by atoms with Gasteiger partial charge in [0, 0.05) is 6.54 Å². The van der Waals surface area contributed by atoms with Crippen LogP contribution in [0.4, 0.5) is 0 Å². The fourth-order valence-electron chi connectivity index (χ4n) is 3.22. The monoisotopic (exact) mass is 242 g/mol. The molecule has 1 aromatic rings. The molecule has 1 aliphatic rings. The van der Waals surface area contributed by atoms with Gasteiger partial charge in [0.1, 0.15) is 0 Å². The van der Waals surface area contributed by atoms with Gasteiger partial charge in [-0.05, 0) is 37.4 Å². The van der Waals surface area contributed by atoms with Crippen LogP contribution in [0.5, 0.6) is 0 Å². The second kappa shape index (κ2) is 5.54. The van der Waals surface area contributed by atoms with E-state index >= 15 is 0 Å². The quantitative estimate of drug-likeness (QED) is 0.810. The van der Waals surface area contributed by atoms with Crippen molar-refractivity contribution in [2.24, 2.45) is 5.92 Å². The first-order chi connectivity index (χ1) is 8.76. The predicted octanol–water partition coefficient (Wildman–Crippen LogP) is 3.20. The lowest BCUT2D eigenvalue weighted by atomic mass is 9.69. The van der Waals surface area contributed by atoms with Crippen LogP contribution in [0, 0.1) is 17.2 Å². The van der Waals surface area contributed by atoms with Crippen molar-refractivity contribution in [2.75, 3.05) is 19.6 Å². The van der Waals surface area contributed by atoms with Gasteiger partial charge in [0.25, 0.3) is 0 Å². The summed E-state index contributed by atoms with van der Waals surface area (Å²) in [4.78, 5) is 2.45. The Morgan fingerprint density at radius 2 is 2.06 bits per heavy atom. The molecule has 0 amide bonds. The number of rotatable bonds is 4. The van der Waals surface area contributed by atoms with Gasteiger partial charge in [-0.1, -0.05) is 44.2 Å². The molecule has 2 rings (SSSR count). The molecule has 0 radical (unpaired) electrons. The first-order valence-electron chi connectivity index (χ1n) is 6.96. The lowest BCUT2D eigenvalue weighted by Crippen LogP contribution is -2.35. The molecule has 0 saturated carbocycles. The van der Waals surface area contributed by atoms with Crippen LogP contribution >= 0.6 is 0 Å². The first kappa shape index (κ1) is 13.1. The van der Waals surface area contributed by atoms with Crippen LogP contribution in [-0.4, -0.2) is 24.5 Å². The predicted molar refractivity (Wildman–Crippen MR) is 74.2 cm³/mol. The summed E-state index contributed by atoms with van der Waals surface area (Å²) in [6, 6.07) is 13.0. The zero-order valence-electron chi connectivity index (χ0n) is 11.4. The lowest BCUT2D eigenvalue weighted by Gasteiger charge is -2.32. The van der Waals surface area contributed by atoms with Gasteiger partial charge >= 0.3 is 0 Å². The molecule has 0 aliphatic carbocycles. The van der Waals surface area contributed by atoms with E-state index in [4.69, 9.17) is 0 Å². The van der Waals surface area contributed by atoms with Crippen LogP contribution in [0.3, 0.4) is 0 Å². The summed E-state index contributed by atoms with van der Waals surface area (Å²) in [5.74, 6) is 0.467. The van der Waals surface area contributed by atoms with E-state index in [9.17, 15) is 5.26 Å². The fourth-order valence-corrected chi connectivity index (χ4v) is 3.22. The fraction of sp³-hybridized carbons (Fsp3) is 0.562. The molecule has 0 spiro atoms. The number of hydrogen-bond donors (Lipinski definition) is 0. The third-order valence-corrected chi connectivity index (χ3v) is 4.46. The molecule has 2 atom stereocenters. The average molecular weight is 242 g/mol. The lowest BCUT2D eigenvalue weighted by molar-refractivity contribution is 0.294. The maximum Gasteiger partial charge on any atom is 0.0860 e. The summed E-state index contributed by atoms with van der Waals surface area (Å²) in [5, 5.41) is 9.78. The van der Waals surface area contributed by atoms with Gasteiger partial charge in [-0.3, -0.25) is 0 Å². The highest BCUT2D eigenvalue weighted by Gasteiger charge is 2.42. The largest absolute Gasteiger partial charge is 0.303 e. The van der Waals surface area contributed by atoms with Crippen molar-refractivity contribution < 1.29 is 0 Å². The number of hydrogen-bond acceptors (Lipinski definition) is 2. The second-order valence-electron chi connectivity index (χ2n) is 5.18. The van der Waals surface area contributed by atoms with Gasteiger partial charge in [-0.15, -0.1) is 0 Å². The maximum absolute atomic E-state index is 9.78. The molecule has 1 aromatic carbocycles. The van der Waals surface area contributed by atoms with E-state index in [0.717, 1.165) is 32.5 Å². The standard InChI is InChI=1S/C16H22N2/c1-3-16(13-17,14-8-6-5-7-9-14)15-10-11-18(4-2)12-15/h5-9,15H,3-4,10-12H2,1-2H3/t15-,16+/m0/s1. The number of nitrogens with zero attached hydrogens (tertiary/aromatic N) is 2. The summed E-state index contributed by atoms with van der Waals surface area (Å²) in [6.45, 7) is 7.64. The number of likely N-dealkylation sites (tertiary alicyclic amines) is 1. The van der Waals surface area contributed by atoms with Crippen LogP contribution in [-0.2, 0) is 5.41 Å². The topological polar surface area (TPSA) is 27.0 Å². The Kier molecular flexibility index (Phi) is 4.04. The molecule has 96 valence electrons. The minimum atomic E-state index is -0.300. The Morgan fingerprint density at radius 1 is 1.33 bits per heavy atom. The van der Waals surface area contributed by atoms with Gasteiger partial charge in [0.15, 0.2) is 0 Å². The van der Waals surface area contributed by atoms with Crippen LogP contribution in [0.2, 0.25) is 0 Å². The van der Waals surface area contributed by atoms with E-state index in [1.807, 2.05) is 18.2 Å². The van der Waals surface area contributed by atoms with E-state index in [-0.39, 0.29) is 5.41 Å². The van der Waals surface area contributed by atoms with Crippen molar-refractivity contribution in [3.8, 4) is 6.07 Å². The molecule has 0 aromatic heterocycles. The van der Waals surface area contributed by atoms with E-state index in [0.29, 0.717) is 5.92 Å². The van der Waals surface area contributed by atoms with E-state index < -0.39 is 0 Å². The number of benzene rings is 1. The van der Waals surface area contributed by atoms with Crippen LogP contribution < -0.4 is 0 Å². The van der Waals surface area contributed by atoms with Crippen molar-refractivity contribution in [1.82, 2.24) is 4.90 Å². The summed E-state index contributed by atoms with van der Waals surface area (Å²) < 4.78 is 0. The van der Waals surface area contributed by atoms with Crippen molar-refractivity contribution in [3.05, 3.63) is 35.9 Å². The zero-order valence-corrected chi connectivity index (χ0v) is 11.4. The molecule has 1 saturated heterocycles. The van der Waals surface area contributed by atoms with Crippen molar-refractivity contribution in [2.45, 2.75) is 32.1 Å². The molecule has 1 aliphatic heterocycles. The zero-order chi connectivity index (χ0) is 13.0. The third kappa shape index (κ3) is 2.15. The van der Waals surface area contributed by atoms with E-state index in [1.54, 1.807) is 0 Å². The van der Waals surface area contributed by atoms with Crippen LogP contribution in [0.25, 0.3) is 0 Å². The Morgan fingerprint density at radius 3 is 2.56 bits per heavy atom. The highest BCUT2D eigenvalue weighted by Crippen LogP contribution is 2.40. The summed E-state index contributed by atoms with van der Waals surface area (Å²) in [5.41, 5.74) is 0.892. The van der Waals surface area contributed by atoms with Crippen LogP contribution in [0.1, 0.15) is 32.3 Å². The van der Waals surface area contributed by atoms with Gasteiger partial charge in [-0.25, -0.2) is 0 Å². The Hall–Kier alpha value is -1.33. The molecule has 0 bridgehead atoms. The summed E-state index contributed by atoms with van der Waals surface area (Å²) in [7, 11) is 0. The molecule has 1 heterocycles. The van der Waals surface area contributed by atoms with E-state index in [1.165, 1.54) is 5.56 Å². The van der Waals surface area contributed by atoms with Gasteiger partial charge < -0.3 is 4.90 Å². The van der Waals surface area contributed by atoms with Gasteiger partial charge in [0.05, 0.1) is 11.5 Å². The molecular formula is C16H22N2. The smallest absolute Gasteiger partial charge is 0.0860 e. The number of nitriles is 1. The normalized spacial score (nSPS) is 23.5. The van der Waals surface area contributed by atoms with Crippen molar-refractivity contribution >= 4 is 0 Å². The summed E-state index contributed by atoms with van der Waals surface area (Å²) in [6.07, 6.45) is 2.04. The molecule has 2 nitrogen and oxygen atoms in total. The minimum absolute atomic E-state index is 0.300. The van der Waals surface area contributed by atoms with Crippen molar-refractivity contribution in [1.29, 1.82) is 5.26 Å². The highest BCUT2D eigenvalue weighted by atomic mass is 15.1. The molecule has 0 N–H and O–H groups in total. The molecule has 1 fully saturated rings. The molecular weight excluding hydrogens is 220 g/mol. The maximum atomic E-state index is 9.78. The van der Waals surface area contributed by atoms with E-state index in [2.05, 4.69) is 36.9 Å². The average Bonchev–Trinajstić information content (AvgIpc) is 2.91. The Balaban J connectivity index is 2.31. The third-order valence-electron chi connectivity index (χ3n) is 4.46. The molecule has 0 unspecified atom stereocenters. The second-order valence-corrected chi connectivity index (χ2v) is 5.18. The van der Waals surface area contributed by atoms with Gasteiger partial charge in [0.2, 0.25) is 0 Å². The minimum Gasteiger partial charge on any atom is -0.303 e. The van der Waals surface area contributed by atoms with Gasteiger partial charge in [-0.2, -0.15) is 5.26 Å². The highest BCUT2D eigenvalue weighted by molar-refractivity contribution is 5.34.